The van der Waals surface area contributed by atoms with Crippen molar-refractivity contribution in [1.29, 1.82) is 0 Å². The second-order valence-corrected chi connectivity index (χ2v) is 5.90. The van der Waals surface area contributed by atoms with Crippen LogP contribution in [-0.2, 0) is 11.2 Å². The van der Waals surface area contributed by atoms with Crippen LogP contribution in [0.25, 0.3) is 0 Å². The third-order valence-corrected chi connectivity index (χ3v) is 4.41. The fourth-order valence-corrected chi connectivity index (χ4v) is 3.20. The van der Waals surface area contributed by atoms with Gasteiger partial charge in [0.15, 0.2) is 0 Å². The van der Waals surface area contributed by atoms with E-state index in [-0.39, 0.29) is 17.6 Å². The zero-order chi connectivity index (χ0) is 13.8. The quantitative estimate of drug-likeness (QED) is 0.752. The van der Waals surface area contributed by atoms with E-state index < -0.39 is 11.9 Å². The largest absolute Gasteiger partial charge is 0.508 e. The van der Waals surface area contributed by atoms with Crippen molar-refractivity contribution in [2.45, 2.75) is 39.1 Å². The zero-order valence-corrected chi connectivity index (χ0v) is 11.5. The van der Waals surface area contributed by atoms with Crippen molar-refractivity contribution in [1.82, 2.24) is 0 Å². The van der Waals surface area contributed by atoms with E-state index in [1.54, 1.807) is 12.1 Å². The minimum absolute atomic E-state index is 0.0578. The Kier molecular flexibility index (Phi) is 2.76. The van der Waals surface area contributed by atoms with E-state index in [0.717, 1.165) is 17.5 Å². The summed E-state index contributed by atoms with van der Waals surface area (Å²) in [6, 6.07) is 3.34. The second kappa shape index (κ2) is 4.12. The smallest absolute Gasteiger partial charge is 0.239 e. The van der Waals surface area contributed by atoms with E-state index >= 15 is 0 Å². The highest BCUT2D eigenvalue weighted by atomic mass is 16.7. The summed E-state index contributed by atoms with van der Waals surface area (Å²) in [6.45, 7) is 6.45. The molecule has 0 unspecified atom stereocenters. The molecule has 2 aliphatic heterocycles. The van der Waals surface area contributed by atoms with Gasteiger partial charge < -0.3 is 19.7 Å². The number of aryl methyl sites for hydroxylation is 1. The molecule has 0 radical (unpaired) electrons. The van der Waals surface area contributed by atoms with Gasteiger partial charge in [0, 0.05) is 17.9 Å². The van der Waals surface area contributed by atoms with Gasteiger partial charge in [-0.3, -0.25) is 0 Å². The van der Waals surface area contributed by atoms with Crippen molar-refractivity contribution in [2.75, 3.05) is 6.61 Å². The molecule has 2 aliphatic rings. The van der Waals surface area contributed by atoms with Crippen LogP contribution in [-0.4, -0.2) is 28.7 Å². The van der Waals surface area contributed by atoms with Gasteiger partial charge in [-0.25, -0.2) is 0 Å². The van der Waals surface area contributed by atoms with Gasteiger partial charge >= 0.3 is 0 Å². The Morgan fingerprint density at radius 2 is 2.05 bits per heavy atom. The van der Waals surface area contributed by atoms with Crippen LogP contribution in [0.15, 0.2) is 12.1 Å². The Morgan fingerprint density at radius 1 is 1.32 bits per heavy atom. The number of aliphatic hydroxyl groups excluding tert-OH is 1. The lowest BCUT2D eigenvalue weighted by molar-refractivity contribution is -0.231. The number of rotatable bonds is 0. The van der Waals surface area contributed by atoms with Crippen LogP contribution in [0.4, 0.5) is 0 Å². The molecular formula is C15H20O4. The van der Waals surface area contributed by atoms with Crippen LogP contribution < -0.4 is 4.74 Å². The molecule has 0 aromatic heterocycles. The van der Waals surface area contributed by atoms with Gasteiger partial charge in [0.2, 0.25) is 5.79 Å². The Labute approximate surface area is 113 Å². The normalized spacial score (nSPS) is 37.2. The van der Waals surface area contributed by atoms with Gasteiger partial charge in [-0.15, -0.1) is 0 Å². The first-order valence-electron chi connectivity index (χ1n) is 6.77. The van der Waals surface area contributed by atoms with Gasteiger partial charge in [-0.05, 0) is 30.5 Å². The van der Waals surface area contributed by atoms with E-state index in [1.807, 2.05) is 20.8 Å². The van der Waals surface area contributed by atoms with Crippen molar-refractivity contribution < 1.29 is 19.7 Å². The minimum Gasteiger partial charge on any atom is -0.508 e. The number of ether oxygens (including phenoxy) is 2. The molecule has 2 N–H and O–H groups in total. The number of phenolic OH excluding ortho intramolecular Hbond substituents is 1. The summed E-state index contributed by atoms with van der Waals surface area (Å²) in [5.41, 5.74) is 2.10. The number of fused-ring (bicyclic) bond motifs is 1. The number of benzene rings is 1. The molecule has 1 spiro atoms. The van der Waals surface area contributed by atoms with Crippen LogP contribution in [0, 0.1) is 18.8 Å². The zero-order valence-electron chi connectivity index (χ0n) is 11.5. The lowest BCUT2D eigenvalue weighted by Gasteiger charge is -2.42. The number of hydrogen-bond acceptors (Lipinski definition) is 4. The Morgan fingerprint density at radius 3 is 2.68 bits per heavy atom. The maximum atomic E-state index is 10.4. The first-order valence-corrected chi connectivity index (χ1v) is 6.77. The highest BCUT2D eigenvalue weighted by Gasteiger charge is 2.55. The van der Waals surface area contributed by atoms with Crippen LogP contribution in [0.1, 0.15) is 25.0 Å². The molecule has 4 nitrogen and oxygen atoms in total. The standard InChI is InChI=1S/C15H20O4/c1-8-4-11(16)6-13-12(8)5-10(3)15(19-13)14(17)9(2)7-18-15/h4,6,9-10,14,16-17H,5,7H2,1-3H3/t9-,10+,14-,15+/m1/s1. The number of aliphatic hydroxyl groups is 1. The van der Waals surface area contributed by atoms with Crippen LogP contribution in [0.2, 0.25) is 0 Å². The van der Waals surface area contributed by atoms with E-state index in [1.165, 1.54) is 0 Å². The molecule has 4 heteroatoms. The molecule has 19 heavy (non-hydrogen) atoms. The van der Waals surface area contributed by atoms with Crippen LogP contribution in [0.3, 0.4) is 0 Å². The van der Waals surface area contributed by atoms with Crippen molar-refractivity contribution in [3.63, 3.8) is 0 Å². The van der Waals surface area contributed by atoms with Crippen molar-refractivity contribution in [3.05, 3.63) is 23.3 Å². The van der Waals surface area contributed by atoms with E-state index in [0.29, 0.717) is 12.4 Å². The molecule has 0 amide bonds. The summed E-state index contributed by atoms with van der Waals surface area (Å²) in [4.78, 5) is 0. The topological polar surface area (TPSA) is 58.9 Å². The van der Waals surface area contributed by atoms with E-state index in [9.17, 15) is 10.2 Å². The molecule has 4 atom stereocenters. The third-order valence-electron chi connectivity index (χ3n) is 4.41. The van der Waals surface area contributed by atoms with Crippen molar-refractivity contribution in [3.8, 4) is 11.5 Å². The fourth-order valence-electron chi connectivity index (χ4n) is 3.20. The van der Waals surface area contributed by atoms with Gasteiger partial charge in [0.25, 0.3) is 0 Å². The number of phenols is 1. The maximum Gasteiger partial charge on any atom is 0.239 e. The molecular weight excluding hydrogens is 244 g/mol. The highest BCUT2D eigenvalue weighted by molar-refractivity contribution is 5.47. The number of aromatic hydroxyl groups is 1. The molecule has 0 saturated carbocycles. The predicted octanol–water partition coefficient (Wildman–Crippen LogP) is 2.00. The highest BCUT2D eigenvalue weighted by Crippen LogP contribution is 2.46. The van der Waals surface area contributed by atoms with Gasteiger partial charge in [0.05, 0.1) is 6.61 Å². The molecule has 1 aromatic rings. The van der Waals surface area contributed by atoms with E-state index in [2.05, 4.69) is 0 Å². The Hall–Kier alpha value is -1.26. The molecule has 0 aliphatic carbocycles. The van der Waals surface area contributed by atoms with E-state index in [4.69, 9.17) is 9.47 Å². The van der Waals surface area contributed by atoms with Crippen molar-refractivity contribution in [2.24, 2.45) is 11.8 Å². The predicted molar refractivity (Wildman–Crippen MR) is 70.2 cm³/mol. The van der Waals surface area contributed by atoms with Crippen LogP contribution in [0.5, 0.6) is 11.5 Å². The van der Waals surface area contributed by atoms with Crippen LogP contribution >= 0.6 is 0 Å². The summed E-state index contributed by atoms with van der Waals surface area (Å²) in [6.07, 6.45) is 0.143. The van der Waals surface area contributed by atoms with Gasteiger partial charge in [-0.1, -0.05) is 13.8 Å². The summed E-state index contributed by atoms with van der Waals surface area (Å²) >= 11 is 0. The molecule has 2 heterocycles. The third kappa shape index (κ3) is 1.74. The van der Waals surface area contributed by atoms with Gasteiger partial charge in [0.1, 0.15) is 17.6 Å². The molecule has 1 saturated heterocycles. The second-order valence-electron chi connectivity index (χ2n) is 5.90. The van der Waals surface area contributed by atoms with Gasteiger partial charge in [-0.2, -0.15) is 0 Å². The summed E-state index contributed by atoms with van der Waals surface area (Å²) < 4.78 is 11.8. The summed E-state index contributed by atoms with van der Waals surface area (Å²) in [5.74, 6) is -0.0250. The average Bonchev–Trinajstić information content (AvgIpc) is 2.62. The molecule has 3 rings (SSSR count). The minimum atomic E-state index is -0.966. The average molecular weight is 264 g/mol. The fraction of sp³-hybridized carbons (Fsp3) is 0.600. The maximum absolute atomic E-state index is 10.4. The molecule has 1 fully saturated rings. The molecule has 0 bridgehead atoms. The summed E-state index contributed by atoms with van der Waals surface area (Å²) in [7, 11) is 0. The lowest BCUT2D eigenvalue weighted by atomic mass is 9.83. The summed E-state index contributed by atoms with van der Waals surface area (Å²) in [5, 5.41) is 20.1. The first-order chi connectivity index (χ1) is 8.94. The monoisotopic (exact) mass is 264 g/mol. The Bertz CT molecular complexity index is 513. The van der Waals surface area contributed by atoms with Crippen molar-refractivity contribution >= 4 is 0 Å². The molecule has 104 valence electrons. The number of hydrogen-bond donors (Lipinski definition) is 2. The lowest BCUT2D eigenvalue weighted by Crippen LogP contribution is -2.54. The first kappa shape index (κ1) is 12.8. The molecule has 1 aromatic carbocycles. The Balaban J connectivity index is 2.05. The SMILES string of the molecule is Cc1cc(O)cc2c1C[C@H](C)[C@]1(OC[C@@H](C)[C@H]1O)O2.